The van der Waals surface area contributed by atoms with Gasteiger partial charge in [0.05, 0.1) is 11.9 Å². The molecule has 166 valence electrons. The Balaban J connectivity index is 1.25. The first-order valence-corrected chi connectivity index (χ1v) is 11.0. The maximum Gasteiger partial charge on any atom is 0.228 e. The average Bonchev–Trinajstić information content (AvgIpc) is 2.82. The Bertz CT molecular complexity index is 1050. The molecule has 32 heavy (non-hydrogen) atoms. The van der Waals surface area contributed by atoms with Crippen molar-refractivity contribution in [2.75, 3.05) is 18.4 Å². The topological polar surface area (TPSA) is 83.9 Å². The van der Waals surface area contributed by atoms with Gasteiger partial charge in [-0.1, -0.05) is 12.1 Å². The monoisotopic (exact) mass is 434 g/mol. The molecule has 0 bridgehead atoms. The maximum absolute atomic E-state index is 13.4. The molecule has 0 aliphatic carbocycles. The van der Waals surface area contributed by atoms with Crippen LogP contribution in [0.15, 0.2) is 49.1 Å². The highest BCUT2D eigenvalue weighted by atomic mass is 19.1. The molecule has 0 spiro atoms. The van der Waals surface area contributed by atoms with E-state index in [1.54, 1.807) is 43.8 Å². The molecule has 1 N–H and O–H groups in total. The van der Waals surface area contributed by atoms with E-state index in [9.17, 15) is 9.18 Å². The molecule has 4 rings (SSSR count). The van der Waals surface area contributed by atoms with Gasteiger partial charge in [-0.15, -0.1) is 0 Å². The van der Waals surface area contributed by atoms with Gasteiger partial charge in [-0.05, 0) is 55.9 Å². The number of amides is 1. The SMILES string of the molecule is Cc1cc(CCCC(=O)N2CCC(c3cncc(Nc4ncccn4)n3)CC2)ccc1F. The summed E-state index contributed by atoms with van der Waals surface area (Å²) in [5.41, 5.74) is 2.64. The average molecular weight is 435 g/mol. The summed E-state index contributed by atoms with van der Waals surface area (Å²) in [7, 11) is 0. The van der Waals surface area contributed by atoms with E-state index >= 15 is 0 Å². The largest absolute Gasteiger partial charge is 0.343 e. The molecular weight excluding hydrogens is 407 g/mol. The fourth-order valence-corrected chi connectivity index (χ4v) is 4.00. The van der Waals surface area contributed by atoms with Gasteiger partial charge in [0.25, 0.3) is 0 Å². The predicted molar refractivity (Wildman–Crippen MR) is 120 cm³/mol. The Morgan fingerprint density at radius 2 is 1.97 bits per heavy atom. The van der Waals surface area contributed by atoms with Crippen LogP contribution in [0.4, 0.5) is 16.2 Å². The van der Waals surface area contributed by atoms with Crippen LogP contribution in [0, 0.1) is 12.7 Å². The van der Waals surface area contributed by atoms with E-state index in [4.69, 9.17) is 0 Å². The zero-order valence-electron chi connectivity index (χ0n) is 18.2. The van der Waals surface area contributed by atoms with Gasteiger partial charge in [0.1, 0.15) is 5.82 Å². The summed E-state index contributed by atoms with van der Waals surface area (Å²) in [6, 6.07) is 6.91. The molecule has 8 heteroatoms. The third-order valence-electron chi connectivity index (χ3n) is 5.80. The summed E-state index contributed by atoms with van der Waals surface area (Å²) in [6.45, 7) is 3.21. The number of hydrogen-bond donors (Lipinski definition) is 1. The number of aryl methyl sites for hydroxylation is 2. The van der Waals surface area contributed by atoms with Gasteiger partial charge in [-0.2, -0.15) is 0 Å². The molecule has 0 atom stereocenters. The molecule has 1 aliphatic heterocycles. The van der Waals surface area contributed by atoms with Crippen molar-refractivity contribution in [3.05, 3.63) is 71.7 Å². The van der Waals surface area contributed by atoms with E-state index < -0.39 is 0 Å². The first-order chi connectivity index (χ1) is 15.6. The molecule has 1 aromatic carbocycles. The smallest absolute Gasteiger partial charge is 0.228 e. The number of anilines is 2. The van der Waals surface area contributed by atoms with Crippen molar-refractivity contribution >= 4 is 17.7 Å². The second kappa shape index (κ2) is 10.3. The van der Waals surface area contributed by atoms with Gasteiger partial charge in [0.15, 0.2) is 5.82 Å². The molecule has 3 aromatic rings. The van der Waals surface area contributed by atoms with Crippen LogP contribution in [0.25, 0.3) is 0 Å². The lowest BCUT2D eigenvalue weighted by atomic mass is 9.93. The first kappa shape index (κ1) is 21.8. The number of benzene rings is 1. The van der Waals surface area contributed by atoms with Crippen LogP contribution in [0.2, 0.25) is 0 Å². The fraction of sp³-hybridized carbons (Fsp3) is 0.375. The lowest BCUT2D eigenvalue weighted by Crippen LogP contribution is -2.38. The molecule has 3 heterocycles. The quantitative estimate of drug-likeness (QED) is 0.600. The van der Waals surface area contributed by atoms with Crippen molar-refractivity contribution in [3.8, 4) is 0 Å². The third-order valence-corrected chi connectivity index (χ3v) is 5.80. The van der Waals surface area contributed by atoms with Crippen molar-refractivity contribution < 1.29 is 9.18 Å². The molecule has 0 radical (unpaired) electrons. The van der Waals surface area contributed by atoms with Crippen LogP contribution >= 0.6 is 0 Å². The van der Waals surface area contributed by atoms with E-state index in [0.29, 0.717) is 23.8 Å². The van der Waals surface area contributed by atoms with E-state index in [1.165, 1.54) is 6.07 Å². The Hall–Kier alpha value is -3.42. The number of aromatic nitrogens is 4. The van der Waals surface area contributed by atoms with Gasteiger partial charge in [0, 0.05) is 44.0 Å². The van der Waals surface area contributed by atoms with Crippen LogP contribution < -0.4 is 5.32 Å². The predicted octanol–water partition coefficient (Wildman–Crippen LogP) is 4.19. The van der Waals surface area contributed by atoms with Crippen molar-refractivity contribution in [1.82, 2.24) is 24.8 Å². The standard InChI is InChI=1S/C24H27FN6O/c1-17-14-18(6-7-20(17)25)4-2-5-23(32)31-12-8-19(9-13-31)21-15-26-16-22(29-21)30-24-27-10-3-11-28-24/h3,6-7,10-11,14-16,19H,2,4-5,8-9,12-13H2,1H3,(H,27,28,29,30). The minimum Gasteiger partial charge on any atom is -0.343 e. The van der Waals surface area contributed by atoms with Gasteiger partial charge in [-0.3, -0.25) is 9.78 Å². The number of halogens is 1. The van der Waals surface area contributed by atoms with Crippen LogP contribution in [0.5, 0.6) is 0 Å². The second-order valence-electron chi connectivity index (χ2n) is 8.12. The summed E-state index contributed by atoms with van der Waals surface area (Å²) < 4.78 is 13.4. The highest BCUT2D eigenvalue weighted by Crippen LogP contribution is 2.27. The molecule has 2 aromatic heterocycles. The van der Waals surface area contributed by atoms with Gasteiger partial charge < -0.3 is 10.2 Å². The molecule has 1 saturated heterocycles. The summed E-state index contributed by atoms with van der Waals surface area (Å²) in [6.07, 6.45) is 10.6. The number of hydrogen-bond acceptors (Lipinski definition) is 6. The van der Waals surface area contributed by atoms with Gasteiger partial charge >= 0.3 is 0 Å². The molecule has 0 unspecified atom stereocenters. The van der Waals surface area contributed by atoms with Crippen molar-refractivity contribution in [2.24, 2.45) is 0 Å². The first-order valence-electron chi connectivity index (χ1n) is 11.0. The van der Waals surface area contributed by atoms with Gasteiger partial charge in [0.2, 0.25) is 11.9 Å². The lowest BCUT2D eigenvalue weighted by Gasteiger charge is -2.31. The summed E-state index contributed by atoms with van der Waals surface area (Å²) in [5.74, 6) is 1.36. The second-order valence-corrected chi connectivity index (χ2v) is 8.12. The fourth-order valence-electron chi connectivity index (χ4n) is 4.00. The number of piperidine rings is 1. The van der Waals surface area contributed by atoms with Crippen molar-refractivity contribution in [1.29, 1.82) is 0 Å². The van der Waals surface area contributed by atoms with Crippen LogP contribution in [0.3, 0.4) is 0 Å². The molecule has 0 saturated carbocycles. The number of rotatable bonds is 7. The minimum atomic E-state index is -0.188. The maximum atomic E-state index is 13.4. The number of nitrogens with zero attached hydrogens (tertiary/aromatic N) is 5. The van der Waals surface area contributed by atoms with Crippen LogP contribution in [0.1, 0.15) is 48.4 Å². The van der Waals surface area contributed by atoms with E-state index in [0.717, 1.165) is 50.0 Å². The number of nitrogens with one attached hydrogen (secondary N) is 1. The van der Waals surface area contributed by atoms with Crippen molar-refractivity contribution in [2.45, 2.75) is 44.9 Å². The molecule has 1 amide bonds. The molecule has 7 nitrogen and oxygen atoms in total. The normalized spacial score (nSPS) is 14.4. The number of carbonyl (C=O) groups excluding carboxylic acids is 1. The Labute approximate surface area is 187 Å². The van der Waals surface area contributed by atoms with Crippen LogP contribution in [-0.4, -0.2) is 43.8 Å². The Kier molecular flexibility index (Phi) is 6.99. The lowest BCUT2D eigenvalue weighted by molar-refractivity contribution is -0.132. The summed E-state index contributed by atoms with van der Waals surface area (Å²) >= 11 is 0. The zero-order valence-corrected chi connectivity index (χ0v) is 18.2. The number of likely N-dealkylation sites (tertiary alicyclic amines) is 1. The zero-order chi connectivity index (χ0) is 22.3. The summed E-state index contributed by atoms with van der Waals surface area (Å²) in [5, 5.41) is 3.07. The summed E-state index contributed by atoms with van der Waals surface area (Å²) in [4.78, 5) is 31.8. The number of carbonyl (C=O) groups is 1. The molecular formula is C24H27FN6O. The highest BCUT2D eigenvalue weighted by molar-refractivity contribution is 5.76. The molecule has 1 fully saturated rings. The van der Waals surface area contributed by atoms with E-state index in [-0.39, 0.29) is 17.6 Å². The van der Waals surface area contributed by atoms with Crippen molar-refractivity contribution in [3.63, 3.8) is 0 Å². The highest BCUT2D eigenvalue weighted by Gasteiger charge is 2.24. The Morgan fingerprint density at radius 3 is 2.72 bits per heavy atom. The van der Waals surface area contributed by atoms with Crippen LogP contribution in [-0.2, 0) is 11.2 Å². The minimum absolute atomic E-state index is 0.185. The van der Waals surface area contributed by atoms with Gasteiger partial charge in [-0.25, -0.2) is 19.3 Å². The molecule has 1 aliphatic rings. The third kappa shape index (κ3) is 5.63. The van der Waals surface area contributed by atoms with E-state index in [2.05, 4.69) is 25.3 Å². The van der Waals surface area contributed by atoms with E-state index in [1.807, 2.05) is 11.0 Å². The Morgan fingerprint density at radius 1 is 1.19 bits per heavy atom.